The number of hydrogen-bond acceptors (Lipinski definition) is 3. The van der Waals surface area contributed by atoms with Crippen LogP contribution in [-0.2, 0) is 14.4 Å². The first-order valence-electron chi connectivity index (χ1n) is 9.80. The lowest BCUT2D eigenvalue weighted by molar-refractivity contribution is -0.148. The summed E-state index contributed by atoms with van der Waals surface area (Å²) in [6, 6.07) is 0. The van der Waals surface area contributed by atoms with Crippen LogP contribution in [0.15, 0.2) is 0 Å². The molecule has 0 aromatic heterocycles. The van der Waals surface area contributed by atoms with Gasteiger partial charge in [-0.25, -0.2) is 0 Å². The highest BCUT2D eigenvalue weighted by molar-refractivity contribution is 5.88. The van der Waals surface area contributed by atoms with Gasteiger partial charge in [-0.3, -0.25) is 14.4 Å². The molecule has 4 bridgehead atoms. The molecule has 1 aliphatic heterocycles. The Labute approximate surface area is 148 Å². The molecule has 0 unspecified atom stereocenters. The summed E-state index contributed by atoms with van der Waals surface area (Å²) < 4.78 is 0. The lowest BCUT2D eigenvalue weighted by atomic mass is 9.49. The molecule has 138 valence electrons. The average Bonchev–Trinajstić information content (AvgIpc) is 2.58. The number of rotatable bonds is 4. The van der Waals surface area contributed by atoms with E-state index in [2.05, 4.69) is 5.32 Å². The quantitative estimate of drug-likeness (QED) is 0.796. The van der Waals surface area contributed by atoms with E-state index in [0.29, 0.717) is 30.8 Å². The zero-order chi connectivity index (χ0) is 17.6. The summed E-state index contributed by atoms with van der Waals surface area (Å²) in [5, 5.41) is 2.93. The van der Waals surface area contributed by atoms with Gasteiger partial charge in [0.15, 0.2) is 0 Å². The van der Waals surface area contributed by atoms with E-state index >= 15 is 0 Å². The van der Waals surface area contributed by atoms with Crippen LogP contribution in [0.3, 0.4) is 0 Å². The van der Waals surface area contributed by atoms with Crippen LogP contribution >= 0.6 is 0 Å². The minimum atomic E-state index is -0.338. The monoisotopic (exact) mass is 347 g/mol. The Morgan fingerprint density at radius 2 is 1.64 bits per heavy atom. The summed E-state index contributed by atoms with van der Waals surface area (Å²) in [4.78, 5) is 38.4. The van der Waals surface area contributed by atoms with E-state index in [1.54, 1.807) is 4.90 Å². The smallest absolute Gasteiger partial charge is 0.241 e. The summed E-state index contributed by atoms with van der Waals surface area (Å²) in [5.41, 5.74) is 5.16. The van der Waals surface area contributed by atoms with Gasteiger partial charge < -0.3 is 16.0 Å². The molecule has 0 aromatic carbocycles. The molecule has 0 radical (unpaired) electrons. The first-order chi connectivity index (χ1) is 11.9. The second-order valence-electron chi connectivity index (χ2n) is 8.96. The summed E-state index contributed by atoms with van der Waals surface area (Å²) in [6.45, 7) is 1.09. The minimum Gasteiger partial charge on any atom is -0.369 e. The van der Waals surface area contributed by atoms with Gasteiger partial charge in [-0.15, -0.1) is 0 Å². The number of piperidine rings is 1. The fourth-order valence-corrected chi connectivity index (χ4v) is 6.28. The van der Waals surface area contributed by atoms with Crippen LogP contribution in [0.1, 0.15) is 51.4 Å². The normalized spacial score (nSPS) is 39.3. The molecule has 3 N–H and O–H groups in total. The fraction of sp³-hybridized carbons (Fsp3) is 0.842. The van der Waals surface area contributed by atoms with Crippen molar-refractivity contribution in [1.82, 2.24) is 10.2 Å². The van der Waals surface area contributed by atoms with E-state index < -0.39 is 0 Å². The van der Waals surface area contributed by atoms with Gasteiger partial charge in [0.25, 0.3) is 0 Å². The lowest BCUT2D eigenvalue weighted by Crippen LogP contribution is -2.55. The third-order valence-corrected chi connectivity index (χ3v) is 7.10. The molecule has 6 nitrogen and oxygen atoms in total. The van der Waals surface area contributed by atoms with E-state index in [9.17, 15) is 14.4 Å². The first kappa shape index (κ1) is 16.9. The molecule has 0 aromatic rings. The van der Waals surface area contributed by atoms with Crippen LogP contribution < -0.4 is 11.1 Å². The van der Waals surface area contributed by atoms with Crippen molar-refractivity contribution in [3.05, 3.63) is 0 Å². The zero-order valence-corrected chi connectivity index (χ0v) is 14.8. The molecule has 0 spiro atoms. The standard InChI is InChI=1S/C19H29N3O3/c20-17(24)15-2-1-3-22(11-15)16(23)10-21-18(25)19-7-12-4-13(8-19)6-14(5-12)9-19/h12-15H,1-11H2,(H2,20,24)(H,21,25)/t12?,13?,14?,15-,19?/m1/s1. The largest absolute Gasteiger partial charge is 0.369 e. The number of nitrogens with zero attached hydrogens (tertiary/aromatic N) is 1. The number of primary amides is 1. The topological polar surface area (TPSA) is 92.5 Å². The third kappa shape index (κ3) is 3.15. The molecule has 6 heteroatoms. The fourth-order valence-electron chi connectivity index (χ4n) is 6.28. The maximum Gasteiger partial charge on any atom is 0.241 e. The highest BCUT2D eigenvalue weighted by Gasteiger charge is 2.54. The van der Waals surface area contributed by atoms with Crippen molar-refractivity contribution in [2.24, 2.45) is 34.8 Å². The van der Waals surface area contributed by atoms with E-state index in [-0.39, 0.29) is 35.6 Å². The third-order valence-electron chi connectivity index (χ3n) is 7.10. The SMILES string of the molecule is NC(=O)[C@@H]1CCCN(C(=O)CNC(=O)C23CC4CC(CC(C4)C2)C3)C1. The molecule has 1 atom stereocenters. The summed E-state index contributed by atoms with van der Waals surface area (Å²) in [5.74, 6) is 1.54. The van der Waals surface area contributed by atoms with E-state index in [1.165, 1.54) is 19.3 Å². The Hall–Kier alpha value is -1.59. The van der Waals surface area contributed by atoms with Crippen LogP contribution in [0.5, 0.6) is 0 Å². The molecule has 1 saturated heterocycles. The average molecular weight is 347 g/mol. The van der Waals surface area contributed by atoms with Gasteiger partial charge in [-0.2, -0.15) is 0 Å². The second-order valence-corrected chi connectivity index (χ2v) is 8.96. The number of nitrogens with two attached hydrogens (primary N) is 1. The number of likely N-dealkylation sites (tertiary alicyclic amines) is 1. The Morgan fingerprint density at radius 3 is 2.20 bits per heavy atom. The van der Waals surface area contributed by atoms with Crippen LogP contribution in [0.25, 0.3) is 0 Å². The van der Waals surface area contributed by atoms with Gasteiger partial charge in [-0.05, 0) is 69.1 Å². The number of hydrogen-bond donors (Lipinski definition) is 2. The number of nitrogens with one attached hydrogen (secondary N) is 1. The molecular formula is C19H29N3O3. The summed E-state index contributed by atoms with van der Waals surface area (Å²) in [6.07, 6.45) is 8.46. The highest BCUT2D eigenvalue weighted by Crippen LogP contribution is 2.60. The Kier molecular flexibility index (Phi) is 4.24. The van der Waals surface area contributed by atoms with Gasteiger partial charge >= 0.3 is 0 Å². The van der Waals surface area contributed by atoms with Crippen molar-refractivity contribution in [3.63, 3.8) is 0 Å². The Balaban J connectivity index is 1.33. The van der Waals surface area contributed by atoms with Gasteiger partial charge in [0.1, 0.15) is 0 Å². The van der Waals surface area contributed by atoms with Crippen molar-refractivity contribution in [1.29, 1.82) is 0 Å². The Morgan fingerprint density at radius 1 is 1.04 bits per heavy atom. The molecular weight excluding hydrogens is 318 g/mol. The maximum absolute atomic E-state index is 12.9. The van der Waals surface area contributed by atoms with E-state index in [0.717, 1.165) is 32.1 Å². The lowest BCUT2D eigenvalue weighted by Gasteiger charge is -2.55. The van der Waals surface area contributed by atoms with E-state index in [1.807, 2.05) is 0 Å². The second kappa shape index (κ2) is 6.29. The van der Waals surface area contributed by atoms with Crippen LogP contribution in [0, 0.1) is 29.1 Å². The molecule has 5 fully saturated rings. The van der Waals surface area contributed by atoms with E-state index in [4.69, 9.17) is 5.73 Å². The van der Waals surface area contributed by atoms with Gasteiger partial charge in [0.05, 0.1) is 12.5 Å². The Bertz CT molecular complexity index is 553. The summed E-state index contributed by atoms with van der Waals surface area (Å²) in [7, 11) is 0. The summed E-state index contributed by atoms with van der Waals surface area (Å²) >= 11 is 0. The molecule has 1 heterocycles. The van der Waals surface area contributed by atoms with Crippen molar-refractivity contribution in [2.75, 3.05) is 19.6 Å². The molecule has 4 aliphatic carbocycles. The van der Waals surface area contributed by atoms with Gasteiger partial charge in [0, 0.05) is 18.5 Å². The molecule has 5 rings (SSSR count). The van der Waals surface area contributed by atoms with Gasteiger partial charge in [-0.1, -0.05) is 0 Å². The number of carbonyl (C=O) groups is 3. The first-order valence-corrected chi connectivity index (χ1v) is 9.80. The minimum absolute atomic E-state index is 0.0477. The highest BCUT2D eigenvalue weighted by atomic mass is 16.2. The molecule has 4 saturated carbocycles. The number of amides is 3. The van der Waals surface area contributed by atoms with Crippen molar-refractivity contribution < 1.29 is 14.4 Å². The van der Waals surface area contributed by atoms with Crippen LogP contribution in [0.2, 0.25) is 0 Å². The van der Waals surface area contributed by atoms with Crippen molar-refractivity contribution in [2.45, 2.75) is 51.4 Å². The van der Waals surface area contributed by atoms with Gasteiger partial charge in [0.2, 0.25) is 17.7 Å². The molecule has 25 heavy (non-hydrogen) atoms. The van der Waals surface area contributed by atoms with Crippen LogP contribution in [0.4, 0.5) is 0 Å². The van der Waals surface area contributed by atoms with Crippen LogP contribution in [-0.4, -0.2) is 42.3 Å². The molecule has 5 aliphatic rings. The molecule has 3 amide bonds. The predicted octanol–water partition coefficient (Wildman–Crippen LogP) is 1.04. The van der Waals surface area contributed by atoms with Crippen molar-refractivity contribution >= 4 is 17.7 Å². The number of carbonyl (C=O) groups excluding carboxylic acids is 3. The van der Waals surface area contributed by atoms with Crippen molar-refractivity contribution in [3.8, 4) is 0 Å². The predicted molar refractivity (Wildman–Crippen MR) is 92.1 cm³/mol. The zero-order valence-electron chi connectivity index (χ0n) is 14.8. The maximum atomic E-state index is 12.9.